The highest BCUT2D eigenvalue weighted by Crippen LogP contribution is 2.26. The van der Waals surface area contributed by atoms with Crippen LogP contribution in [0, 0.1) is 28.9 Å². The SMILES string of the molecule is Cc1c(C(=O)N2C[C@H](C)C[C@@H](C)C2)cccc1[N+](=O)[O-]. The van der Waals surface area contributed by atoms with Crippen LogP contribution in [0.5, 0.6) is 0 Å². The summed E-state index contributed by atoms with van der Waals surface area (Å²) in [5, 5.41) is 11.0. The van der Waals surface area contributed by atoms with E-state index in [9.17, 15) is 14.9 Å². The van der Waals surface area contributed by atoms with E-state index in [1.165, 1.54) is 6.07 Å². The molecule has 2 rings (SSSR count). The second-order valence-electron chi connectivity index (χ2n) is 5.86. The molecule has 0 aliphatic carbocycles. The van der Waals surface area contributed by atoms with Gasteiger partial charge in [-0.3, -0.25) is 14.9 Å². The summed E-state index contributed by atoms with van der Waals surface area (Å²) in [6.07, 6.45) is 1.12. The molecule has 2 atom stereocenters. The lowest BCUT2D eigenvalue weighted by molar-refractivity contribution is -0.385. The zero-order valence-electron chi connectivity index (χ0n) is 12.1. The lowest BCUT2D eigenvalue weighted by Crippen LogP contribution is -2.42. The second kappa shape index (κ2) is 5.61. The number of likely N-dealkylation sites (tertiary alicyclic amines) is 1. The predicted octanol–water partition coefficient (Wildman–Crippen LogP) is 3.02. The van der Waals surface area contributed by atoms with E-state index in [4.69, 9.17) is 0 Å². The second-order valence-corrected chi connectivity index (χ2v) is 5.86. The Morgan fingerprint density at radius 3 is 2.45 bits per heavy atom. The Morgan fingerprint density at radius 1 is 1.30 bits per heavy atom. The molecule has 0 saturated carbocycles. The molecule has 1 fully saturated rings. The Kier molecular flexibility index (Phi) is 4.06. The van der Waals surface area contributed by atoms with Crippen molar-refractivity contribution >= 4 is 11.6 Å². The summed E-state index contributed by atoms with van der Waals surface area (Å²) in [6, 6.07) is 4.69. The van der Waals surface area contributed by atoms with Gasteiger partial charge < -0.3 is 4.90 Å². The Balaban J connectivity index is 2.29. The maximum absolute atomic E-state index is 12.6. The van der Waals surface area contributed by atoms with Gasteiger partial charge in [0.15, 0.2) is 0 Å². The highest BCUT2D eigenvalue weighted by molar-refractivity contribution is 5.96. The van der Waals surface area contributed by atoms with E-state index in [2.05, 4.69) is 13.8 Å². The molecule has 5 nitrogen and oxygen atoms in total. The fourth-order valence-corrected chi connectivity index (χ4v) is 3.05. The molecule has 20 heavy (non-hydrogen) atoms. The average Bonchev–Trinajstić information content (AvgIpc) is 2.36. The number of nitro groups is 1. The molecule has 5 heteroatoms. The number of nitrogens with zero attached hydrogens (tertiary/aromatic N) is 2. The molecular weight excluding hydrogens is 256 g/mol. The van der Waals surface area contributed by atoms with Crippen LogP contribution >= 0.6 is 0 Å². The molecule has 0 radical (unpaired) electrons. The highest BCUT2D eigenvalue weighted by atomic mass is 16.6. The first-order valence-electron chi connectivity index (χ1n) is 6.93. The maximum atomic E-state index is 12.6. The van der Waals surface area contributed by atoms with Crippen molar-refractivity contribution in [2.45, 2.75) is 27.2 Å². The molecule has 1 aliphatic heterocycles. The normalized spacial score (nSPS) is 22.6. The summed E-state index contributed by atoms with van der Waals surface area (Å²) in [5.74, 6) is 0.855. The number of piperidine rings is 1. The summed E-state index contributed by atoms with van der Waals surface area (Å²) in [7, 11) is 0. The molecule has 1 saturated heterocycles. The van der Waals surface area contributed by atoms with E-state index in [-0.39, 0.29) is 11.6 Å². The van der Waals surface area contributed by atoms with Gasteiger partial charge in [-0.05, 0) is 31.2 Å². The molecule has 1 amide bonds. The first-order chi connectivity index (χ1) is 9.40. The van der Waals surface area contributed by atoms with Gasteiger partial charge in [-0.15, -0.1) is 0 Å². The smallest absolute Gasteiger partial charge is 0.273 e. The number of hydrogen-bond donors (Lipinski definition) is 0. The van der Waals surface area contributed by atoms with Crippen molar-refractivity contribution in [1.29, 1.82) is 0 Å². The minimum absolute atomic E-state index is 0.00829. The Morgan fingerprint density at radius 2 is 1.90 bits per heavy atom. The number of rotatable bonds is 2. The zero-order chi connectivity index (χ0) is 14.9. The third-order valence-electron chi connectivity index (χ3n) is 3.89. The largest absolute Gasteiger partial charge is 0.338 e. The van der Waals surface area contributed by atoms with E-state index in [0.29, 0.717) is 23.0 Å². The van der Waals surface area contributed by atoms with Gasteiger partial charge in [-0.25, -0.2) is 0 Å². The van der Waals surface area contributed by atoms with E-state index < -0.39 is 4.92 Å². The summed E-state index contributed by atoms with van der Waals surface area (Å²) in [4.78, 5) is 24.9. The minimum atomic E-state index is -0.437. The molecule has 1 aliphatic rings. The van der Waals surface area contributed by atoms with Crippen LogP contribution in [0.1, 0.15) is 36.2 Å². The topological polar surface area (TPSA) is 63.5 Å². The van der Waals surface area contributed by atoms with Gasteiger partial charge in [0, 0.05) is 30.3 Å². The van der Waals surface area contributed by atoms with Gasteiger partial charge >= 0.3 is 0 Å². The fourth-order valence-electron chi connectivity index (χ4n) is 3.05. The molecule has 108 valence electrons. The van der Waals surface area contributed by atoms with Crippen LogP contribution in [-0.2, 0) is 0 Å². The number of hydrogen-bond acceptors (Lipinski definition) is 3. The first kappa shape index (κ1) is 14.5. The summed E-state index contributed by atoms with van der Waals surface area (Å²) < 4.78 is 0. The van der Waals surface area contributed by atoms with E-state index in [1.54, 1.807) is 19.1 Å². The van der Waals surface area contributed by atoms with Crippen molar-refractivity contribution in [3.63, 3.8) is 0 Å². The fraction of sp³-hybridized carbons (Fsp3) is 0.533. The van der Waals surface area contributed by atoms with Crippen LogP contribution in [0.15, 0.2) is 18.2 Å². The number of carbonyl (C=O) groups is 1. The van der Waals surface area contributed by atoms with Crippen molar-refractivity contribution in [3.05, 3.63) is 39.4 Å². The van der Waals surface area contributed by atoms with Crippen LogP contribution in [0.3, 0.4) is 0 Å². The Labute approximate surface area is 118 Å². The number of nitro benzene ring substituents is 1. The first-order valence-corrected chi connectivity index (χ1v) is 6.93. The molecular formula is C15H20N2O3. The lowest BCUT2D eigenvalue weighted by atomic mass is 9.91. The van der Waals surface area contributed by atoms with Crippen molar-refractivity contribution in [3.8, 4) is 0 Å². The Bertz CT molecular complexity index is 532. The zero-order valence-corrected chi connectivity index (χ0v) is 12.1. The van der Waals surface area contributed by atoms with Crippen LogP contribution in [0.25, 0.3) is 0 Å². The quantitative estimate of drug-likeness (QED) is 0.616. The number of benzene rings is 1. The van der Waals surface area contributed by atoms with Gasteiger partial charge in [-0.2, -0.15) is 0 Å². The molecule has 1 heterocycles. The molecule has 0 N–H and O–H groups in total. The van der Waals surface area contributed by atoms with Gasteiger partial charge in [0.2, 0.25) is 0 Å². The standard InChI is InChI=1S/C15H20N2O3/c1-10-7-11(2)9-16(8-10)15(18)13-5-4-6-14(12(13)3)17(19)20/h4-6,10-11H,7-9H2,1-3H3/t10-,11-/m1/s1. The van der Waals surface area contributed by atoms with Crippen LogP contribution in [0.4, 0.5) is 5.69 Å². The van der Waals surface area contributed by atoms with Gasteiger partial charge in [-0.1, -0.05) is 19.9 Å². The van der Waals surface area contributed by atoms with Gasteiger partial charge in [0.25, 0.3) is 11.6 Å². The molecule has 0 bridgehead atoms. The molecule has 1 aromatic carbocycles. The molecule has 0 unspecified atom stereocenters. The maximum Gasteiger partial charge on any atom is 0.273 e. The monoisotopic (exact) mass is 276 g/mol. The summed E-state index contributed by atoms with van der Waals surface area (Å²) >= 11 is 0. The lowest BCUT2D eigenvalue weighted by Gasteiger charge is -2.35. The number of carbonyl (C=O) groups excluding carboxylic acids is 1. The van der Waals surface area contributed by atoms with Gasteiger partial charge in [0.05, 0.1) is 4.92 Å². The van der Waals surface area contributed by atoms with E-state index in [1.807, 2.05) is 4.90 Å². The van der Waals surface area contributed by atoms with Crippen molar-refractivity contribution in [2.24, 2.45) is 11.8 Å². The van der Waals surface area contributed by atoms with Gasteiger partial charge in [0.1, 0.15) is 0 Å². The third kappa shape index (κ3) is 2.81. The molecule has 0 aromatic heterocycles. The molecule has 0 spiro atoms. The minimum Gasteiger partial charge on any atom is -0.338 e. The van der Waals surface area contributed by atoms with Crippen molar-refractivity contribution in [2.75, 3.05) is 13.1 Å². The average molecular weight is 276 g/mol. The van der Waals surface area contributed by atoms with Crippen LogP contribution < -0.4 is 0 Å². The Hall–Kier alpha value is -1.91. The predicted molar refractivity (Wildman–Crippen MR) is 76.7 cm³/mol. The van der Waals surface area contributed by atoms with E-state index >= 15 is 0 Å². The third-order valence-corrected chi connectivity index (χ3v) is 3.89. The summed E-state index contributed by atoms with van der Waals surface area (Å²) in [6.45, 7) is 7.37. The van der Waals surface area contributed by atoms with Crippen molar-refractivity contribution in [1.82, 2.24) is 4.90 Å². The van der Waals surface area contributed by atoms with Crippen molar-refractivity contribution < 1.29 is 9.72 Å². The van der Waals surface area contributed by atoms with Crippen LogP contribution in [-0.4, -0.2) is 28.8 Å². The van der Waals surface area contributed by atoms with E-state index in [0.717, 1.165) is 19.5 Å². The number of amides is 1. The molecule has 1 aromatic rings. The van der Waals surface area contributed by atoms with Crippen LogP contribution in [0.2, 0.25) is 0 Å². The highest BCUT2D eigenvalue weighted by Gasteiger charge is 2.28. The summed E-state index contributed by atoms with van der Waals surface area (Å²) in [5.41, 5.74) is 0.905.